The van der Waals surface area contributed by atoms with Crippen molar-refractivity contribution in [2.75, 3.05) is 0 Å². The zero-order chi connectivity index (χ0) is 21.6. The molecule has 7 nitrogen and oxygen atoms in total. The third-order valence-corrected chi connectivity index (χ3v) is 8.27. The van der Waals surface area contributed by atoms with Crippen LogP contribution < -0.4 is 4.72 Å². The van der Waals surface area contributed by atoms with Crippen LogP contribution in [0.25, 0.3) is 0 Å². The van der Waals surface area contributed by atoms with Crippen LogP contribution in [-0.2, 0) is 28.7 Å². The van der Waals surface area contributed by atoms with Gasteiger partial charge < -0.3 is 10.2 Å². The molecule has 2 aromatic rings. The van der Waals surface area contributed by atoms with Gasteiger partial charge in [-0.3, -0.25) is 9.71 Å². The number of fused-ring (bicyclic) bond motifs is 1. The first-order chi connectivity index (χ1) is 13.4. The third kappa shape index (κ3) is 4.37. The number of hydrogen-bond acceptors (Lipinski definition) is 7. The molecule has 0 amide bonds. The zero-order valence-corrected chi connectivity index (χ0v) is 18.9. The Morgan fingerprint density at radius 2 is 2.03 bits per heavy atom. The molecule has 3 rings (SSSR count). The standard InChI is InChI=1S/C20H27N3O4S2/c1-11(2)15-8-21-9-16-12(3)6-13(7-14(15)16)23-29(26,27)18-17(10-24)22-19(28-18)20(4,5)25/h6,8-9,11-12,23-25H,7,10H2,1-5H3. The van der Waals surface area contributed by atoms with Crippen LogP contribution in [0.5, 0.6) is 0 Å². The summed E-state index contributed by atoms with van der Waals surface area (Å²) in [5.74, 6) is 0.297. The molecule has 0 saturated heterocycles. The molecule has 1 aliphatic carbocycles. The van der Waals surface area contributed by atoms with Crippen LogP contribution in [0.15, 0.2) is 28.4 Å². The second kappa shape index (κ2) is 7.79. The minimum Gasteiger partial charge on any atom is -0.390 e. The van der Waals surface area contributed by atoms with Crippen molar-refractivity contribution in [1.82, 2.24) is 14.7 Å². The summed E-state index contributed by atoms with van der Waals surface area (Å²) in [5, 5.41) is 20.0. The molecule has 3 N–H and O–H groups in total. The van der Waals surface area contributed by atoms with Crippen molar-refractivity contribution in [3.63, 3.8) is 0 Å². The Hall–Kier alpha value is -1.81. The fourth-order valence-electron chi connectivity index (χ4n) is 3.45. The van der Waals surface area contributed by atoms with Gasteiger partial charge in [0.25, 0.3) is 10.0 Å². The molecule has 29 heavy (non-hydrogen) atoms. The van der Waals surface area contributed by atoms with Gasteiger partial charge in [0.1, 0.15) is 10.6 Å². The maximum atomic E-state index is 13.1. The molecule has 0 saturated carbocycles. The summed E-state index contributed by atoms with van der Waals surface area (Å²) in [4.78, 5) is 8.46. The first-order valence-electron chi connectivity index (χ1n) is 9.47. The van der Waals surface area contributed by atoms with E-state index in [1.807, 2.05) is 25.4 Å². The van der Waals surface area contributed by atoms with Crippen LogP contribution in [0.1, 0.15) is 73.8 Å². The zero-order valence-electron chi connectivity index (χ0n) is 17.2. The normalized spacial score (nSPS) is 17.2. The first-order valence-corrected chi connectivity index (χ1v) is 11.8. The number of hydrogen-bond donors (Lipinski definition) is 3. The minimum absolute atomic E-state index is 0.0216. The summed E-state index contributed by atoms with van der Waals surface area (Å²) in [5.41, 5.74) is 2.65. The van der Waals surface area contributed by atoms with Gasteiger partial charge in [-0.1, -0.05) is 26.8 Å². The van der Waals surface area contributed by atoms with E-state index in [0.717, 1.165) is 28.0 Å². The predicted octanol–water partition coefficient (Wildman–Crippen LogP) is 2.90. The topological polar surface area (TPSA) is 112 Å². The summed E-state index contributed by atoms with van der Waals surface area (Å²) in [6.07, 6.45) is 6.04. The van der Waals surface area contributed by atoms with E-state index in [1.165, 1.54) is 13.8 Å². The van der Waals surface area contributed by atoms with Crippen molar-refractivity contribution in [3.8, 4) is 0 Å². The second-order valence-electron chi connectivity index (χ2n) is 8.18. The maximum absolute atomic E-state index is 13.1. The molecule has 0 radical (unpaired) electrons. The molecule has 2 aromatic heterocycles. The Labute approximate surface area is 175 Å². The van der Waals surface area contributed by atoms with E-state index in [9.17, 15) is 18.6 Å². The van der Waals surface area contributed by atoms with Gasteiger partial charge in [-0.15, -0.1) is 11.3 Å². The van der Waals surface area contributed by atoms with Crippen molar-refractivity contribution < 1.29 is 18.6 Å². The number of pyridine rings is 1. The highest BCUT2D eigenvalue weighted by molar-refractivity contribution is 7.91. The van der Waals surface area contributed by atoms with Crippen LogP contribution in [0.4, 0.5) is 0 Å². The first kappa shape index (κ1) is 21.9. The molecular weight excluding hydrogens is 410 g/mol. The van der Waals surface area contributed by atoms with E-state index in [1.54, 1.807) is 0 Å². The Morgan fingerprint density at radius 1 is 1.34 bits per heavy atom. The quantitative estimate of drug-likeness (QED) is 0.641. The second-order valence-corrected chi connectivity index (χ2v) is 11.1. The Bertz CT molecular complexity index is 1050. The lowest BCUT2D eigenvalue weighted by molar-refractivity contribution is 0.0779. The van der Waals surface area contributed by atoms with E-state index in [4.69, 9.17) is 0 Å². The summed E-state index contributed by atoms with van der Waals surface area (Å²) in [6, 6.07) is 0. The van der Waals surface area contributed by atoms with Crippen molar-refractivity contribution in [1.29, 1.82) is 0 Å². The van der Waals surface area contributed by atoms with Gasteiger partial charge >= 0.3 is 0 Å². The van der Waals surface area contributed by atoms with E-state index in [-0.39, 0.29) is 26.7 Å². The molecule has 1 atom stereocenters. The number of aliphatic hydroxyl groups is 2. The molecule has 0 fully saturated rings. The van der Waals surface area contributed by atoms with Gasteiger partial charge in [-0.05, 0) is 36.5 Å². The number of aromatic nitrogens is 2. The Morgan fingerprint density at radius 3 is 2.62 bits per heavy atom. The van der Waals surface area contributed by atoms with Gasteiger partial charge in [0.2, 0.25) is 0 Å². The van der Waals surface area contributed by atoms with Crippen molar-refractivity contribution in [2.45, 2.75) is 69.3 Å². The monoisotopic (exact) mass is 437 g/mol. The molecule has 0 aliphatic heterocycles. The molecule has 0 spiro atoms. The van der Waals surface area contributed by atoms with Crippen LogP contribution in [-0.4, -0.2) is 28.6 Å². The average Bonchev–Trinajstić information content (AvgIpc) is 3.06. The highest BCUT2D eigenvalue weighted by Gasteiger charge is 2.31. The molecule has 1 aliphatic rings. The Kier molecular flexibility index (Phi) is 5.88. The van der Waals surface area contributed by atoms with Crippen molar-refractivity contribution in [2.24, 2.45) is 0 Å². The molecule has 158 valence electrons. The van der Waals surface area contributed by atoms with Gasteiger partial charge in [0.15, 0.2) is 4.21 Å². The van der Waals surface area contributed by atoms with Crippen LogP contribution in [0.2, 0.25) is 0 Å². The smallest absolute Gasteiger partial charge is 0.273 e. The fraction of sp³-hybridized carbons (Fsp3) is 0.500. The SMILES string of the molecule is CC(C)c1cncc2c1CC(NS(=O)(=O)c1sc(C(C)(C)O)nc1CO)=CC2C. The molecular formula is C20H27N3O4S2. The van der Waals surface area contributed by atoms with E-state index in [0.29, 0.717) is 12.1 Å². The van der Waals surface area contributed by atoms with Crippen molar-refractivity contribution >= 4 is 21.4 Å². The summed E-state index contributed by atoms with van der Waals surface area (Å²) >= 11 is 0.872. The lowest BCUT2D eigenvalue weighted by Crippen LogP contribution is -2.27. The average molecular weight is 438 g/mol. The molecule has 0 aromatic carbocycles. The number of aliphatic hydroxyl groups excluding tert-OH is 1. The maximum Gasteiger partial charge on any atom is 0.273 e. The van der Waals surface area contributed by atoms with Crippen LogP contribution >= 0.6 is 11.3 Å². The van der Waals surface area contributed by atoms with Crippen LogP contribution in [0, 0.1) is 0 Å². The number of thiazole rings is 1. The minimum atomic E-state index is -3.95. The Balaban J connectivity index is 1.96. The largest absolute Gasteiger partial charge is 0.390 e. The number of nitrogens with one attached hydrogen (secondary N) is 1. The van der Waals surface area contributed by atoms with Gasteiger partial charge in [0, 0.05) is 30.4 Å². The molecule has 1 unspecified atom stereocenters. The highest BCUT2D eigenvalue weighted by atomic mass is 32.2. The van der Waals surface area contributed by atoms with Gasteiger partial charge in [0.05, 0.1) is 12.3 Å². The lowest BCUT2D eigenvalue weighted by Gasteiger charge is -2.25. The van der Waals surface area contributed by atoms with Gasteiger partial charge in [-0.2, -0.15) is 0 Å². The summed E-state index contributed by atoms with van der Waals surface area (Å²) < 4.78 is 28.7. The van der Waals surface area contributed by atoms with E-state index >= 15 is 0 Å². The lowest BCUT2D eigenvalue weighted by atomic mass is 9.84. The van der Waals surface area contributed by atoms with E-state index in [2.05, 4.69) is 28.5 Å². The number of nitrogens with zero attached hydrogens (tertiary/aromatic N) is 2. The highest BCUT2D eigenvalue weighted by Crippen LogP contribution is 2.35. The number of rotatable bonds is 6. The third-order valence-electron chi connectivity index (χ3n) is 4.90. The van der Waals surface area contributed by atoms with Crippen molar-refractivity contribution in [3.05, 3.63) is 51.6 Å². The van der Waals surface area contributed by atoms with Crippen LogP contribution in [0.3, 0.4) is 0 Å². The van der Waals surface area contributed by atoms with Gasteiger partial charge in [-0.25, -0.2) is 13.4 Å². The predicted molar refractivity (Wildman–Crippen MR) is 112 cm³/mol. The molecule has 0 bridgehead atoms. The summed E-state index contributed by atoms with van der Waals surface area (Å²) in [6.45, 7) is 8.72. The summed E-state index contributed by atoms with van der Waals surface area (Å²) in [7, 11) is -3.95. The number of sulfonamides is 1. The van der Waals surface area contributed by atoms with E-state index < -0.39 is 22.2 Å². The molecule has 2 heterocycles. The molecule has 9 heteroatoms. The number of allylic oxidation sites excluding steroid dienone is 2. The fourth-order valence-corrected chi connectivity index (χ4v) is 6.06.